The van der Waals surface area contributed by atoms with Gasteiger partial charge in [-0.1, -0.05) is 17.3 Å². The van der Waals surface area contributed by atoms with E-state index in [1.807, 2.05) is 30.3 Å². The van der Waals surface area contributed by atoms with E-state index in [-0.39, 0.29) is 11.5 Å². The van der Waals surface area contributed by atoms with Crippen LogP contribution in [0.25, 0.3) is 45.4 Å². The average Bonchev–Trinajstić information content (AvgIpc) is 3.65. The second-order valence-electron chi connectivity index (χ2n) is 8.18. The molecule has 0 spiro atoms. The number of pyridine rings is 2. The summed E-state index contributed by atoms with van der Waals surface area (Å²) in [6.07, 6.45) is 6.94. The van der Waals surface area contributed by atoms with E-state index in [0.717, 1.165) is 29.9 Å². The Bertz CT molecular complexity index is 1500. The molecule has 0 saturated heterocycles. The van der Waals surface area contributed by atoms with Crippen molar-refractivity contribution >= 4 is 0 Å². The van der Waals surface area contributed by atoms with Crippen molar-refractivity contribution in [2.24, 2.45) is 0 Å². The molecule has 1 aliphatic carbocycles. The summed E-state index contributed by atoms with van der Waals surface area (Å²) in [6, 6.07) is 14.1. The van der Waals surface area contributed by atoms with Crippen molar-refractivity contribution < 1.29 is 13.7 Å². The molecule has 1 saturated carbocycles. The lowest BCUT2D eigenvalue weighted by Crippen LogP contribution is -1.99. The highest BCUT2D eigenvalue weighted by molar-refractivity contribution is 5.74. The van der Waals surface area contributed by atoms with Gasteiger partial charge in [0.25, 0.3) is 5.89 Å². The highest BCUT2D eigenvalue weighted by Crippen LogP contribution is 2.46. The molecule has 1 aromatic carbocycles. The van der Waals surface area contributed by atoms with Crippen molar-refractivity contribution in [1.82, 2.24) is 30.1 Å². The molecule has 172 valence electrons. The van der Waals surface area contributed by atoms with Crippen LogP contribution in [-0.4, -0.2) is 37.2 Å². The van der Waals surface area contributed by atoms with E-state index < -0.39 is 5.82 Å². The van der Waals surface area contributed by atoms with Gasteiger partial charge in [-0.15, -0.1) is 0 Å². The Labute approximate surface area is 199 Å². The predicted octanol–water partition coefficient (Wildman–Crippen LogP) is 5.34. The average molecular weight is 466 g/mol. The van der Waals surface area contributed by atoms with Crippen molar-refractivity contribution in [3.63, 3.8) is 0 Å². The van der Waals surface area contributed by atoms with Crippen LogP contribution in [0.4, 0.5) is 4.39 Å². The monoisotopic (exact) mass is 466 g/mol. The number of hydrogen-bond acceptors (Lipinski definition) is 8. The molecule has 4 heterocycles. The smallest absolute Gasteiger partial charge is 0.261 e. The first-order valence-corrected chi connectivity index (χ1v) is 11.1. The Morgan fingerprint density at radius 3 is 2.51 bits per heavy atom. The van der Waals surface area contributed by atoms with E-state index in [2.05, 4.69) is 30.1 Å². The highest BCUT2D eigenvalue weighted by atomic mass is 19.1. The quantitative estimate of drug-likeness (QED) is 0.330. The number of rotatable bonds is 6. The molecule has 0 N–H and O–H groups in total. The molecule has 35 heavy (non-hydrogen) atoms. The Hall–Kier alpha value is -4.53. The summed E-state index contributed by atoms with van der Waals surface area (Å²) in [4.78, 5) is 21.8. The number of nitrogens with zero attached hydrogens (tertiary/aromatic N) is 6. The van der Waals surface area contributed by atoms with Gasteiger partial charge >= 0.3 is 0 Å². The minimum absolute atomic E-state index is 0.0801. The van der Waals surface area contributed by atoms with Crippen LogP contribution in [0.1, 0.15) is 24.5 Å². The fraction of sp³-hybridized carbons (Fsp3) is 0.154. The molecule has 0 radical (unpaired) electrons. The van der Waals surface area contributed by atoms with Gasteiger partial charge in [0.05, 0.1) is 35.3 Å². The normalized spacial score (nSPS) is 13.1. The number of aromatic nitrogens is 6. The molecule has 1 aliphatic rings. The van der Waals surface area contributed by atoms with Crippen LogP contribution in [0.3, 0.4) is 0 Å². The molecule has 8 nitrogen and oxygen atoms in total. The summed E-state index contributed by atoms with van der Waals surface area (Å²) in [5.41, 5.74) is 4.58. The fourth-order valence-electron chi connectivity index (χ4n) is 3.96. The molecule has 0 bridgehead atoms. The predicted molar refractivity (Wildman–Crippen MR) is 126 cm³/mol. The number of methoxy groups -OCH3 is 1. The van der Waals surface area contributed by atoms with Crippen molar-refractivity contribution in [2.45, 2.75) is 18.8 Å². The molecular weight excluding hydrogens is 447 g/mol. The first-order valence-electron chi connectivity index (χ1n) is 11.1. The first-order chi connectivity index (χ1) is 17.2. The van der Waals surface area contributed by atoms with Crippen LogP contribution in [0.5, 0.6) is 5.88 Å². The van der Waals surface area contributed by atoms with E-state index in [1.165, 1.54) is 12.4 Å². The van der Waals surface area contributed by atoms with Crippen molar-refractivity contribution in [2.75, 3.05) is 7.11 Å². The largest absolute Gasteiger partial charge is 0.480 e. The third-order valence-corrected chi connectivity index (χ3v) is 5.86. The van der Waals surface area contributed by atoms with Crippen LogP contribution >= 0.6 is 0 Å². The van der Waals surface area contributed by atoms with Gasteiger partial charge in [-0.2, -0.15) is 4.98 Å². The summed E-state index contributed by atoms with van der Waals surface area (Å²) in [5, 5.41) is 4.01. The maximum Gasteiger partial charge on any atom is 0.261 e. The summed E-state index contributed by atoms with van der Waals surface area (Å²) in [7, 11) is 1.55. The minimum atomic E-state index is -0.492. The SMILES string of the molecule is COc1ncnc(C2CC2)c1-c1ccc(-c2nc(-c3ccc(-c4ccccn4)nc3)no2)c(F)c1. The number of hydrogen-bond donors (Lipinski definition) is 0. The van der Waals surface area contributed by atoms with Gasteiger partial charge in [0, 0.05) is 23.9 Å². The zero-order chi connectivity index (χ0) is 23.8. The Morgan fingerprint density at radius 2 is 1.80 bits per heavy atom. The van der Waals surface area contributed by atoms with Gasteiger partial charge < -0.3 is 9.26 Å². The van der Waals surface area contributed by atoms with Gasteiger partial charge in [0.2, 0.25) is 11.7 Å². The van der Waals surface area contributed by atoms with E-state index >= 15 is 4.39 Å². The van der Waals surface area contributed by atoms with Gasteiger partial charge in [-0.3, -0.25) is 9.97 Å². The molecule has 0 unspecified atom stereocenters. The molecule has 6 rings (SSSR count). The second kappa shape index (κ2) is 8.68. The van der Waals surface area contributed by atoms with Gasteiger partial charge in [-0.05, 0) is 54.8 Å². The number of benzene rings is 1. The Balaban J connectivity index is 1.30. The molecule has 1 fully saturated rings. The van der Waals surface area contributed by atoms with Crippen LogP contribution in [0, 0.1) is 5.82 Å². The van der Waals surface area contributed by atoms with E-state index in [0.29, 0.717) is 34.3 Å². The number of ether oxygens (including phenoxy) is 1. The lowest BCUT2D eigenvalue weighted by atomic mass is 10.0. The molecule has 0 atom stereocenters. The van der Waals surface area contributed by atoms with Crippen LogP contribution < -0.4 is 4.74 Å². The third-order valence-electron chi connectivity index (χ3n) is 5.86. The van der Waals surface area contributed by atoms with Crippen LogP contribution in [-0.2, 0) is 0 Å². The molecule has 0 aliphatic heterocycles. The lowest BCUT2D eigenvalue weighted by molar-refractivity contribution is 0.398. The topological polar surface area (TPSA) is 99.7 Å². The fourth-order valence-corrected chi connectivity index (χ4v) is 3.96. The highest BCUT2D eigenvalue weighted by Gasteiger charge is 2.30. The molecular formula is C26H19FN6O2. The van der Waals surface area contributed by atoms with Crippen molar-refractivity contribution in [3.8, 4) is 51.2 Å². The minimum Gasteiger partial charge on any atom is -0.480 e. The lowest BCUT2D eigenvalue weighted by Gasteiger charge is -2.12. The Morgan fingerprint density at radius 1 is 0.943 bits per heavy atom. The molecule has 4 aromatic heterocycles. The van der Waals surface area contributed by atoms with Crippen LogP contribution in [0.2, 0.25) is 0 Å². The Kier molecular flexibility index (Phi) is 5.21. The molecule has 0 amide bonds. The molecule has 5 aromatic rings. The summed E-state index contributed by atoms with van der Waals surface area (Å²) in [5.74, 6) is 0.680. The van der Waals surface area contributed by atoms with E-state index in [1.54, 1.807) is 31.6 Å². The summed E-state index contributed by atoms with van der Waals surface area (Å²) in [6.45, 7) is 0. The molecule has 9 heteroatoms. The number of halogens is 1. The first kappa shape index (κ1) is 21.0. The van der Waals surface area contributed by atoms with Crippen molar-refractivity contribution in [1.29, 1.82) is 0 Å². The van der Waals surface area contributed by atoms with E-state index in [9.17, 15) is 0 Å². The summed E-state index contributed by atoms with van der Waals surface area (Å²) >= 11 is 0. The van der Waals surface area contributed by atoms with Gasteiger partial charge in [-0.25, -0.2) is 14.4 Å². The van der Waals surface area contributed by atoms with E-state index in [4.69, 9.17) is 9.26 Å². The third kappa shape index (κ3) is 4.01. The zero-order valence-corrected chi connectivity index (χ0v) is 18.7. The van der Waals surface area contributed by atoms with Crippen molar-refractivity contribution in [3.05, 3.63) is 78.8 Å². The van der Waals surface area contributed by atoms with Crippen LogP contribution in [0.15, 0.2) is 71.8 Å². The summed E-state index contributed by atoms with van der Waals surface area (Å²) < 4.78 is 26.0. The zero-order valence-electron chi connectivity index (χ0n) is 18.7. The second-order valence-corrected chi connectivity index (χ2v) is 8.18. The standard InChI is InChI=1S/C26H19FN6O2/c1-34-26-22(23(15-5-6-15)30-14-31-26)16-7-9-18(19(27)12-16)25-32-24(33-35-25)17-8-10-21(29-13-17)20-4-2-3-11-28-20/h2-4,7-15H,5-6H2,1H3. The van der Waals surface area contributed by atoms with Gasteiger partial charge in [0.15, 0.2) is 0 Å². The maximum absolute atomic E-state index is 15.2. The maximum atomic E-state index is 15.2. The van der Waals surface area contributed by atoms with Gasteiger partial charge in [0.1, 0.15) is 12.1 Å².